The average molecular weight is 174 g/mol. The summed E-state index contributed by atoms with van der Waals surface area (Å²) in [4.78, 5) is 3.11. The molecule has 3 nitrogen and oxygen atoms in total. The summed E-state index contributed by atoms with van der Waals surface area (Å²) in [5.74, 6) is 0. The van der Waals surface area contributed by atoms with Crippen LogP contribution in [-0.4, -0.2) is 15.9 Å². The van der Waals surface area contributed by atoms with E-state index in [-0.39, 0.29) is 0 Å². The molecular weight excluding hydrogens is 164 g/mol. The third-order valence-electron chi connectivity index (χ3n) is 2.13. The van der Waals surface area contributed by atoms with Gasteiger partial charge >= 0.3 is 0 Å². The molecular formula is C10H10N2O. The Kier molecular flexibility index (Phi) is 1.77. The molecule has 0 unspecified atom stereocenters. The van der Waals surface area contributed by atoms with Gasteiger partial charge in [-0.05, 0) is 13.0 Å². The zero-order valence-corrected chi connectivity index (χ0v) is 7.28. The van der Waals surface area contributed by atoms with Crippen LogP contribution in [-0.2, 0) is 0 Å². The number of hydrogen-bond donors (Lipinski definition) is 2. The van der Waals surface area contributed by atoms with Gasteiger partial charge in [-0.1, -0.05) is 23.4 Å². The molecule has 1 heterocycles. The maximum atomic E-state index is 8.64. The fourth-order valence-electron chi connectivity index (χ4n) is 1.42. The van der Waals surface area contributed by atoms with Crippen LogP contribution in [0.15, 0.2) is 35.6 Å². The fraction of sp³-hybridized carbons (Fsp3) is 0.100. The summed E-state index contributed by atoms with van der Waals surface area (Å²) in [6.07, 6.45) is 1.85. The smallest absolute Gasteiger partial charge is 0.0858 e. The van der Waals surface area contributed by atoms with Gasteiger partial charge in [-0.2, -0.15) is 0 Å². The molecule has 0 spiro atoms. The Labute approximate surface area is 75.7 Å². The number of fused-ring (bicyclic) bond motifs is 1. The molecule has 66 valence electrons. The number of nitrogens with zero attached hydrogens (tertiary/aromatic N) is 1. The average Bonchev–Trinajstić information content (AvgIpc) is 2.60. The van der Waals surface area contributed by atoms with Crippen molar-refractivity contribution in [3.8, 4) is 0 Å². The Morgan fingerprint density at radius 2 is 2.15 bits per heavy atom. The molecule has 2 N–H and O–H groups in total. The third kappa shape index (κ3) is 1.18. The van der Waals surface area contributed by atoms with Crippen LogP contribution in [0.1, 0.15) is 12.5 Å². The van der Waals surface area contributed by atoms with Crippen molar-refractivity contribution in [1.82, 2.24) is 4.98 Å². The Morgan fingerprint density at radius 1 is 1.38 bits per heavy atom. The molecule has 0 saturated heterocycles. The molecule has 0 radical (unpaired) electrons. The van der Waals surface area contributed by atoms with E-state index in [0.29, 0.717) is 5.71 Å². The molecule has 0 atom stereocenters. The Bertz CT molecular complexity index is 457. The Morgan fingerprint density at radius 3 is 2.92 bits per heavy atom. The highest BCUT2D eigenvalue weighted by atomic mass is 16.4. The summed E-state index contributed by atoms with van der Waals surface area (Å²) < 4.78 is 0. The SMILES string of the molecule is C/C(=N/O)c1c[nH]c2ccccc12. The number of nitrogens with one attached hydrogen (secondary N) is 1. The van der Waals surface area contributed by atoms with E-state index in [1.54, 1.807) is 6.92 Å². The van der Waals surface area contributed by atoms with Crippen molar-refractivity contribution in [1.29, 1.82) is 0 Å². The van der Waals surface area contributed by atoms with E-state index < -0.39 is 0 Å². The van der Waals surface area contributed by atoms with Crippen LogP contribution in [0.3, 0.4) is 0 Å². The lowest BCUT2D eigenvalue weighted by molar-refractivity contribution is 0.319. The Hall–Kier alpha value is -1.77. The second-order valence-corrected chi connectivity index (χ2v) is 2.93. The normalized spacial score (nSPS) is 12.2. The number of rotatable bonds is 1. The van der Waals surface area contributed by atoms with Crippen molar-refractivity contribution < 1.29 is 5.21 Å². The highest BCUT2D eigenvalue weighted by molar-refractivity contribution is 6.09. The highest BCUT2D eigenvalue weighted by Crippen LogP contribution is 2.17. The van der Waals surface area contributed by atoms with Gasteiger partial charge in [0, 0.05) is 22.7 Å². The van der Waals surface area contributed by atoms with Crippen LogP contribution in [0.25, 0.3) is 10.9 Å². The van der Waals surface area contributed by atoms with Gasteiger partial charge in [0.15, 0.2) is 0 Å². The van der Waals surface area contributed by atoms with Gasteiger partial charge in [0.2, 0.25) is 0 Å². The first-order valence-corrected chi connectivity index (χ1v) is 4.08. The second-order valence-electron chi connectivity index (χ2n) is 2.93. The van der Waals surface area contributed by atoms with E-state index in [1.807, 2.05) is 30.5 Å². The van der Waals surface area contributed by atoms with Gasteiger partial charge in [-0.3, -0.25) is 0 Å². The third-order valence-corrected chi connectivity index (χ3v) is 2.13. The first kappa shape index (κ1) is 7.86. The van der Waals surface area contributed by atoms with Gasteiger partial charge in [0.1, 0.15) is 0 Å². The number of hydrogen-bond acceptors (Lipinski definition) is 2. The van der Waals surface area contributed by atoms with E-state index in [2.05, 4.69) is 10.1 Å². The number of oxime groups is 1. The maximum absolute atomic E-state index is 8.64. The minimum atomic E-state index is 0.623. The summed E-state index contributed by atoms with van der Waals surface area (Å²) in [5.41, 5.74) is 2.62. The van der Waals surface area contributed by atoms with E-state index in [9.17, 15) is 0 Å². The van der Waals surface area contributed by atoms with E-state index >= 15 is 0 Å². The van der Waals surface area contributed by atoms with Crippen LogP contribution in [0.5, 0.6) is 0 Å². The summed E-state index contributed by atoms with van der Waals surface area (Å²) in [7, 11) is 0. The second kappa shape index (κ2) is 2.94. The van der Waals surface area contributed by atoms with Gasteiger partial charge in [0.25, 0.3) is 0 Å². The molecule has 2 rings (SSSR count). The van der Waals surface area contributed by atoms with E-state index in [1.165, 1.54) is 0 Å². The van der Waals surface area contributed by atoms with Crippen LogP contribution in [0, 0.1) is 0 Å². The number of aromatic nitrogens is 1. The molecule has 0 fully saturated rings. The van der Waals surface area contributed by atoms with Crippen molar-refractivity contribution in [2.45, 2.75) is 6.92 Å². The molecule has 0 aliphatic heterocycles. The predicted octanol–water partition coefficient (Wildman–Crippen LogP) is 2.37. The number of benzene rings is 1. The summed E-state index contributed by atoms with van der Waals surface area (Å²) >= 11 is 0. The number of aromatic amines is 1. The van der Waals surface area contributed by atoms with E-state index in [4.69, 9.17) is 5.21 Å². The summed E-state index contributed by atoms with van der Waals surface area (Å²) in [6, 6.07) is 7.91. The van der Waals surface area contributed by atoms with Crippen LogP contribution < -0.4 is 0 Å². The van der Waals surface area contributed by atoms with Crippen molar-refractivity contribution in [2.75, 3.05) is 0 Å². The maximum Gasteiger partial charge on any atom is 0.0858 e. The molecule has 1 aromatic heterocycles. The topological polar surface area (TPSA) is 48.4 Å². The lowest BCUT2D eigenvalue weighted by atomic mass is 10.1. The van der Waals surface area contributed by atoms with E-state index in [0.717, 1.165) is 16.5 Å². The Balaban J connectivity index is 2.71. The molecule has 13 heavy (non-hydrogen) atoms. The zero-order valence-electron chi connectivity index (χ0n) is 7.28. The molecule has 0 aliphatic carbocycles. The van der Waals surface area contributed by atoms with Crippen LogP contribution in [0.4, 0.5) is 0 Å². The van der Waals surface area contributed by atoms with Crippen molar-refractivity contribution in [3.05, 3.63) is 36.0 Å². The van der Waals surface area contributed by atoms with Crippen LogP contribution >= 0.6 is 0 Å². The number of para-hydroxylation sites is 1. The van der Waals surface area contributed by atoms with Gasteiger partial charge in [-0.15, -0.1) is 0 Å². The first-order valence-electron chi connectivity index (χ1n) is 4.08. The monoisotopic (exact) mass is 174 g/mol. The first-order chi connectivity index (χ1) is 6.33. The number of H-pyrrole nitrogens is 1. The lowest BCUT2D eigenvalue weighted by Gasteiger charge is -1.94. The van der Waals surface area contributed by atoms with Crippen LogP contribution in [0.2, 0.25) is 0 Å². The molecule has 0 bridgehead atoms. The predicted molar refractivity (Wildman–Crippen MR) is 52.3 cm³/mol. The molecule has 0 aliphatic rings. The summed E-state index contributed by atoms with van der Waals surface area (Å²) in [6.45, 7) is 1.77. The fourth-order valence-corrected chi connectivity index (χ4v) is 1.42. The summed E-state index contributed by atoms with van der Waals surface area (Å²) in [5, 5.41) is 12.9. The minimum absolute atomic E-state index is 0.623. The quantitative estimate of drug-likeness (QED) is 0.389. The van der Waals surface area contributed by atoms with Gasteiger partial charge in [-0.25, -0.2) is 0 Å². The zero-order chi connectivity index (χ0) is 9.26. The van der Waals surface area contributed by atoms with Crippen molar-refractivity contribution in [2.24, 2.45) is 5.16 Å². The lowest BCUT2D eigenvalue weighted by Crippen LogP contribution is -1.91. The molecule has 2 aromatic rings. The van der Waals surface area contributed by atoms with Gasteiger partial charge < -0.3 is 10.2 Å². The van der Waals surface area contributed by atoms with Gasteiger partial charge in [0.05, 0.1) is 5.71 Å². The molecule has 1 aromatic carbocycles. The van der Waals surface area contributed by atoms with Crippen molar-refractivity contribution in [3.63, 3.8) is 0 Å². The molecule has 3 heteroatoms. The standard InChI is InChI=1S/C10H10N2O/c1-7(12-13)9-6-11-10-5-3-2-4-8(9)10/h2-6,11,13H,1H3/b12-7-. The molecule has 0 saturated carbocycles. The molecule has 0 amide bonds. The highest BCUT2D eigenvalue weighted by Gasteiger charge is 2.04. The van der Waals surface area contributed by atoms with Crippen molar-refractivity contribution >= 4 is 16.6 Å². The largest absolute Gasteiger partial charge is 0.411 e. The minimum Gasteiger partial charge on any atom is -0.411 e.